The molecule has 1 unspecified atom stereocenters. The van der Waals surface area contributed by atoms with Gasteiger partial charge in [-0.3, -0.25) is 0 Å². The second kappa shape index (κ2) is 6.10. The summed E-state index contributed by atoms with van der Waals surface area (Å²) < 4.78 is 6.14. The summed E-state index contributed by atoms with van der Waals surface area (Å²) in [6, 6.07) is 6.38. The first kappa shape index (κ1) is 12.5. The fourth-order valence-corrected chi connectivity index (χ4v) is 1.78. The highest BCUT2D eigenvalue weighted by Gasteiger charge is 2.02. The molecule has 0 saturated heterocycles. The van der Waals surface area contributed by atoms with Crippen molar-refractivity contribution in [3.8, 4) is 5.75 Å². The quantitative estimate of drug-likeness (QED) is 0.861. The van der Waals surface area contributed by atoms with Gasteiger partial charge in [0, 0.05) is 19.1 Å². The molecule has 4 heteroatoms. The second-order valence-corrected chi connectivity index (χ2v) is 4.34. The zero-order chi connectivity index (χ0) is 11.3. The van der Waals surface area contributed by atoms with E-state index in [1.54, 1.807) is 7.11 Å². The molecule has 0 heterocycles. The topological polar surface area (TPSA) is 47.3 Å². The number of ether oxygens (including phenoxy) is 1. The minimum atomic E-state index is 0.339. The number of hydrogen-bond donors (Lipinski definition) is 2. The molecular weight excluding hydrogens is 256 g/mol. The lowest BCUT2D eigenvalue weighted by atomic mass is 10.2. The van der Waals surface area contributed by atoms with Crippen LogP contribution in [0.25, 0.3) is 0 Å². The van der Waals surface area contributed by atoms with Crippen LogP contribution in [0.3, 0.4) is 0 Å². The summed E-state index contributed by atoms with van der Waals surface area (Å²) in [6.45, 7) is 3.54. The molecule has 0 aliphatic carbocycles. The maximum absolute atomic E-state index is 5.52. The molecule has 0 radical (unpaired) electrons. The Morgan fingerprint density at radius 3 is 2.80 bits per heavy atom. The van der Waals surface area contributed by atoms with Crippen molar-refractivity contribution < 1.29 is 4.74 Å². The second-order valence-electron chi connectivity index (χ2n) is 3.49. The molecular formula is C11H17BrN2O. The number of rotatable bonds is 5. The third-order valence-electron chi connectivity index (χ3n) is 2.22. The van der Waals surface area contributed by atoms with Crippen LogP contribution in [0.15, 0.2) is 22.7 Å². The number of nitrogens with one attached hydrogen (secondary N) is 1. The van der Waals surface area contributed by atoms with Crippen molar-refractivity contribution in [2.75, 3.05) is 13.7 Å². The van der Waals surface area contributed by atoms with Gasteiger partial charge in [0.2, 0.25) is 0 Å². The van der Waals surface area contributed by atoms with Crippen LogP contribution >= 0.6 is 15.9 Å². The van der Waals surface area contributed by atoms with E-state index in [9.17, 15) is 0 Å². The number of benzene rings is 1. The highest BCUT2D eigenvalue weighted by Crippen LogP contribution is 2.25. The molecule has 0 fully saturated rings. The Labute approximate surface area is 99.1 Å². The van der Waals surface area contributed by atoms with Gasteiger partial charge in [0.05, 0.1) is 11.6 Å². The average molecular weight is 273 g/mol. The molecule has 84 valence electrons. The van der Waals surface area contributed by atoms with Crippen LogP contribution < -0.4 is 15.8 Å². The maximum atomic E-state index is 5.52. The van der Waals surface area contributed by atoms with Crippen LogP contribution in [-0.4, -0.2) is 19.7 Å². The Morgan fingerprint density at radius 1 is 1.53 bits per heavy atom. The van der Waals surface area contributed by atoms with Gasteiger partial charge >= 0.3 is 0 Å². The lowest BCUT2D eigenvalue weighted by Gasteiger charge is -2.12. The van der Waals surface area contributed by atoms with Gasteiger partial charge in [-0.1, -0.05) is 6.07 Å². The van der Waals surface area contributed by atoms with E-state index in [4.69, 9.17) is 10.5 Å². The minimum absolute atomic E-state index is 0.339. The molecule has 0 aliphatic heterocycles. The average Bonchev–Trinajstić information content (AvgIpc) is 2.26. The van der Waals surface area contributed by atoms with Crippen molar-refractivity contribution in [3.05, 3.63) is 28.2 Å². The molecule has 15 heavy (non-hydrogen) atoms. The van der Waals surface area contributed by atoms with Crippen LogP contribution in [0.4, 0.5) is 0 Å². The van der Waals surface area contributed by atoms with Gasteiger partial charge in [0.25, 0.3) is 0 Å². The van der Waals surface area contributed by atoms with Crippen molar-refractivity contribution in [1.29, 1.82) is 0 Å². The van der Waals surface area contributed by atoms with E-state index >= 15 is 0 Å². The molecule has 0 aliphatic rings. The normalized spacial score (nSPS) is 12.5. The van der Waals surface area contributed by atoms with Gasteiger partial charge < -0.3 is 15.8 Å². The lowest BCUT2D eigenvalue weighted by molar-refractivity contribution is 0.412. The van der Waals surface area contributed by atoms with E-state index < -0.39 is 0 Å². The molecule has 0 bridgehead atoms. The first-order valence-corrected chi connectivity index (χ1v) is 5.72. The fraction of sp³-hybridized carbons (Fsp3) is 0.455. The molecule has 3 nitrogen and oxygen atoms in total. The number of nitrogens with two attached hydrogens (primary N) is 1. The van der Waals surface area contributed by atoms with Gasteiger partial charge in [0.1, 0.15) is 5.75 Å². The van der Waals surface area contributed by atoms with Crippen LogP contribution in [0.5, 0.6) is 5.75 Å². The summed E-state index contributed by atoms with van der Waals surface area (Å²) >= 11 is 3.45. The van der Waals surface area contributed by atoms with Gasteiger partial charge in [-0.25, -0.2) is 0 Å². The van der Waals surface area contributed by atoms with E-state index in [0.717, 1.165) is 16.8 Å². The summed E-state index contributed by atoms with van der Waals surface area (Å²) in [6.07, 6.45) is 0. The molecule has 1 rings (SSSR count). The molecule has 1 aromatic rings. The lowest BCUT2D eigenvalue weighted by Crippen LogP contribution is -2.32. The standard InChI is InChI=1S/C11H17BrN2O/c1-8(6-13)14-7-9-3-4-11(15-2)10(12)5-9/h3-5,8,14H,6-7,13H2,1-2H3. The molecule has 1 aromatic carbocycles. The number of methoxy groups -OCH3 is 1. The smallest absolute Gasteiger partial charge is 0.133 e. The third kappa shape index (κ3) is 3.81. The van der Waals surface area contributed by atoms with Gasteiger partial charge in [-0.05, 0) is 40.5 Å². The molecule has 0 amide bonds. The van der Waals surface area contributed by atoms with Crippen LogP contribution in [0, 0.1) is 0 Å². The predicted octanol–water partition coefficient (Wildman–Crippen LogP) is 1.89. The Bertz CT molecular complexity index is 317. The minimum Gasteiger partial charge on any atom is -0.496 e. The third-order valence-corrected chi connectivity index (χ3v) is 2.84. The largest absolute Gasteiger partial charge is 0.496 e. The van der Waals surface area contributed by atoms with Crippen molar-refractivity contribution in [1.82, 2.24) is 5.32 Å². The molecule has 0 spiro atoms. The van der Waals surface area contributed by atoms with Gasteiger partial charge in [-0.2, -0.15) is 0 Å². The van der Waals surface area contributed by atoms with E-state index in [1.165, 1.54) is 5.56 Å². The zero-order valence-corrected chi connectivity index (χ0v) is 10.7. The van der Waals surface area contributed by atoms with Crippen molar-refractivity contribution in [2.45, 2.75) is 19.5 Å². The van der Waals surface area contributed by atoms with Gasteiger partial charge in [-0.15, -0.1) is 0 Å². The van der Waals surface area contributed by atoms with Crippen LogP contribution in [-0.2, 0) is 6.54 Å². The summed E-state index contributed by atoms with van der Waals surface area (Å²) in [5.41, 5.74) is 6.73. The number of halogens is 1. The Kier molecular flexibility index (Phi) is 5.08. The SMILES string of the molecule is COc1ccc(CNC(C)CN)cc1Br. The highest BCUT2D eigenvalue weighted by atomic mass is 79.9. The van der Waals surface area contributed by atoms with Crippen LogP contribution in [0.1, 0.15) is 12.5 Å². The summed E-state index contributed by atoms with van der Waals surface area (Å²) in [7, 11) is 1.66. The summed E-state index contributed by atoms with van der Waals surface area (Å²) in [4.78, 5) is 0. The summed E-state index contributed by atoms with van der Waals surface area (Å²) in [5.74, 6) is 0.852. The molecule has 3 N–H and O–H groups in total. The van der Waals surface area contributed by atoms with Crippen LogP contribution in [0.2, 0.25) is 0 Å². The number of hydrogen-bond acceptors (Lipinski definition) is 3. The van der Waals surface area contributed by atoms with E-state index in [2.05, 4.69) is 34.2 Å². The zero-order valence-electron chi connectivity index (χ0n) is 9.09. The maximum Gasteiger partial charge on any atom is 0.133 e. The van der Waals surface area contributed by atoms with E-state index in [1.807, 2.05) is 12.1 Å². The Hall–Kier alpha value is -0.580. The van der Waals surface area contributed by atoms with E-state index in [-0.39, 0.29) is 0 Å². The summed E-state index contributed by atoms with van der Waals surface area (Å²) in [5, 5.41) is 3.33. The van der Waals surface area contributed by atoms with Crippen molar-refractivity contribution in [3.63, 3.8) is 0 Å². The first-order chi connectivity index (χ1) is 7.17. The molecule has 0 saturated carbocycles. The molecule has 0 aromatic heterocycles. The Morgan fingerprint density at radius 2 is 2.27 bits per heavy atom. The van der Waals surface area contributed by atoms with Crippen molar-refractivity contribution in [2.24, 2.45) is 5.73 Å². The Balaban J connectivity index is 2.59. The highest BCUT2D eigenvalue weighted by molar-refractivity contribution is 9.10. The molecule has 1 atom stereocenters. The van der Waals surface area contributed by atoms with Gasteiger partial charge in [0.15, 0.2) is 0 Å². The fourth-order valence-electron chi connectivity index (χ4n) is 1.20. The van der Waals surface area contributed by atoms with E-state index in [0.29, 0.717) is 12.6 Å². The van der Waals surface area contributed by atoms with Crippen molar-refractivity contribution >= 4 is 15.9 Å². The predicted molar refractivity (Wildman–Crippen MR) is 66.1 cm³/mol. The first-order valence-electron chi connectivity index (χ1n) is 4.93. The monoisotopic (exact) mass is 272 g/mol.